The Balaban J connectivity index is 2.14. The van der Waals surface area contributed by atoms with Crippen LogP contribution in [0.1, 0.15) is 47.0 Å². The maximum absolute atomic E-state index is 12.3. The zero-order valence-corrected chi connectivity index (χ0v) is 11.0. The maximum Gasteiger partial charge on any atom is 0.335 e. The molecule has 1 atom stereocenters. The number of aromatic carboxylic acids is 1. The van der Waals surface area contributed by atoms with Crippen LogP contribution in [0.5, 0.6) is 0 Å². The minimum Gasteiger partial charge on any atom is -0.478 e. The van der Waals surface area contributed by atoms with Crippen LogP contribution in [0.25, 0.3) is 0 Å². The van der Waals surface area contributed by atoms with E-state index in [1.54, 1.807) is 4.90 Å². The third-order valence-electron chi connectivity index (χ3n) is 3.61. The molecule has 19 heavy (non-hydrogen) atoms. The Bertz CT molecular complexity index is 487. The number of piperidine rings is 1. The quantitative estimate of drug-likeness (QED) is 0.905. The van der Waals surface area contributed by atoms with Gasteiger partial charge in [-0.1, -0.05) is 13.3 Å². The molecule has 2 rings (SSSR count). The summed E-state index contributed by atoms with van der Waals surface area (Å²) in [5.74, 6) is -0.664. The van der Waals surface area contributed by atoms with E-state index in [1.807, 2.05) is 0 Å². The number of rotatable bonds is 3. The molecule has 5 heteroatoms. The Morgan fingerprint density at radius 3 is 3.00 bits per heavy atom. The first-order valence-corrected chi connectivity index (χ1v) is 6.60. The lowest BCUT2D eigenvalue weighted by Gasteiger charge is -2.32. The Morgan fingerprint density at radius 2 is 2.32 bits per heavy atom. The van der Waals surface area contributed by atoms with E-state index in [-0.39, 0.29) is 17.2 Å². The fourth-order valence-electron chi connectivity index (χ4n) is 2.43. The Labute approximate surface area is 112 Å². The minimum atomic E-state index is -1.04. The molecule has 1 saturated heterocycles. The smallest absolute Gasteiger partial charge is 0.335 e. The molecule has 2 heterocycles. The van der Waals surface area contributed by atoms with E-state index in [9.17, 15) is 9.59 Å². The van der Waals surface area contributed by atoms with Gasteiger partial charge in [0, 0.05) is 19.3 Å². The van der Waals surface area contributed by atoms with Crippen molar-refractivity contribution in [1.82, 2.24) is 9.88 Å². The van der Waals surface area contributed by atoms with E-state index < -0.39 is 5.97 Å². The first-order valence-electron chi connectivity index (χ1n) is 6.60. The molecule has 0 bridgehead atoms. The molecule has 1 aliphatic heterocycles. The zero-order valence-electron chi connectivity index (χ0n) is 11.0. The van der Waals surface area contributed by atoms with Crippen LogP contribution < -0.4 is 0 Å². The molecular formula is C14H18N2O3. The predicted octanol–water partition coefficient (Wildman–Crippen LogP) is 2.04. The molecule has 102 valence electrons. The average molecular weight is 262 g/mol. The van der Waals surface area contributed by atoms with Crippen molar-refractivity contribution < 1.29 is 14.7 Å². The van der Waals surface area contributed by atoms with Crippen molar-refractivity contribution >= 4 is 11.9 Å². The van der Waals surface area contributed by atoms with Crippen molar-refractivity contribution in [3.05, 3.63) is 29.6 Å². The van der Waals surface area contributed by atoms with Crippen LogP contribution >= 0.6 is 0 Å². The van der Waals surface area contributed by atoms with Crippen LogP contribution in [0.15, 0.2) is 18.3 Å². The molecule has 1 fully saturated rings. The molecule has 1 aromatic rings. The first kappa shape index (κ1) is 13.5. The number of carboxylic acids is 1. The highest BCUT2D eigenvalue weighted by molar-refractivity contribution is 5.95. The lowest BCUT2D eigenvalue weighted by Crippen LogP contribution is -2.40. The van der Waals surface area contributed by atoms with Gasteiger partial charge in [0.15, 0.2) is 0 Å². The molecule has 0 aromatic carbocycles. The molecule has 5 nitrogen and oxygen atoms in total. The van der Waals surface area contributed by atoms with Crippen LogP contribution in [-0.2, 0) is 0 Å². The van der Waals surface area contributed by atoms with Crippen molar-refractivity contribution in [2.75, 3.05) is 13.1 Å². The lowest BCUT2D eigenvalue weighted by atomic mass is 9.95. The highest BCUT2D eigenvalue weighted by Gasteiger charge is 2.24. The molecule has 1 amide bonds. The summed E-state index contributed by atoms with van der Waals surface area (Å²) in [6, 6.07) is 2.74. The normalized spacial score (nSPS) is 19.2. The monoisotopic (exact) mass is 262 g/mol. The summed E-state index contributed by atoms with van der Waals surface area (Å²) < 4.78 is 0. The van der Waals surface area contributed by atoms with Gasteiger partial charge < -0.3 is 10.0 Å². The van der Waals surface area contributed by atoms with Crippen LogP contribution in [0, 0.1) is 5.92 Å². The minimum absolute atomic E-state index is 0.0994. The average Bonchev–Trinajstić information content (AvgIpc) is 2.46. The second-order valence-electron chi connectivity index (χ2n) is 4.90. The molecule has 0 aliphatic carbocycles. The number of amides is 1. The van der Waals surface area contributed by atoms with Gasteiger partial charge in [0.1, 0.15) is 5.69 Å². The topological polar surface area (TPSA) is 70.5 Å². The summed E-state index contributed by atoms with van der Waals surface area (Å²) in [6.07, 6.45) is 4.59. The van der Waals surface area contributed by atoms with Crippen LogP contribution in [-0.4, -0.2) is 40.0 Å². The van der Waals surface area contributed by atoms with E-state index in [0.29, 0.717) is 5.92 Å². The van der Waals surface area contributed by atoms with Crippen LogP contribution in [0.2, 0.25) is 0 Å². The third-order valence-corrected chi connectivity index (χ3v) is 3.61. The zero-order chi connectivity index (χ0) is 13.8. The summed E-state index contributed by atoms with van der Waals surface area (Å²) in [6.45, 7) is 3.60. The first-order chi connectivity index (χ1) is 9.11. The van der Waals surface area contributed by atoms with Crippen molar-refractivity contribution in [3.63, 3.8) is 0 Å². The number of nitrogens with zero attached hydrogens (tertiary/aromatic N) is 2. The molecule has 0 radical (unpaired) electrons. The Hall–Kier alpha value is -1.91. The van der Waals surface area contributed by atoms with Crippen molar-refractivity contribution in [2.24, 2.45) is 5.92 Å². The SMILES string of the molecule is CCC1CCCN(C(=O)c2cc(C(=O)O)ccn2)C1. The van der Waals surface area contributed by atoms with Crippen molar-refractivity contribution in [3.8, 4) is 0 Å². The summed E-state index contributed by atoms with van der Waals surface area (Å²) in [5, 5.41) is 8.93. The van der Waals surface area contributed by atoms with Gasteiger partial charge in [-0.3, -0.25) is 9.78 Å². The number of carbonyl (C=O) groups excluding carboxylic acids is 1. The molecular weight excluding hydrogens is 244 g/mol. The number of likely N-dealkylation sites (tertiary alicyclic amines) is 1. The van der Waals surface area contributed by atoms with Gasteiger partial charge in [-0.15, -0.1) is 0 Å². The maximum atomic E-state index is 12.3. The van der Waals surface area contributed by atoms with E-state index in [4.69, 9.17) is 5.11 Å². The summed E-state index contributed by atoms with van der Waals surface area (Å²) >= 11 is 0. The molecule has 0 spiro atoms. The largest absolute Gasteiger partial charge is 0.478 e. The summed E-state index contributed by atoms with van der Waals surface area (Å²) in [4.78, 5) is 29.0. The molecule has 0 saturated carbocycles. The number of aromatic nitrogens is 1. The van der Waals surface area contributed by atoms with Gasteiger partial charge in [-0.2, -0.15) is 0 Å². The van der Waals surface area contributed by atoms with E-state index >= 15 is 0 Å². The van der Waals surface area contributed by atoms with Gasteiger partial charge in [0.25, 0.3) is 5.91 Å². The van der Waals surface area contributed by atoms with Crippen molar-refractivity contribution in [1.29, 1.82) is 0 Å². The summed E-state index contributed by atoms with van der Waals surface area (Å²) in [7, 11) is 0. The molecule has 1 unspecified atom stereocenters. The van der Waals surface area contributed by atoms with Crippen molar-refractivity contribution in [2.45, 2.75) is 26.2 Å². The van der Waals surface area contributed by atoms with Gasteiger partial charge >= 0.3 is 5.97 Å². The van der Waals surface area contributed by atoms with Crippen LogP contribution in [0.4, 0.5) is 0 Å². The fourth-order valence-corrected chi connectivity index (χ4v) is 2.43. The Kier molecular flexibility index (Phi) is 4.14. The van der Waals surface area contributed by atoms with Gasteiger partial charge in [-0.25, -0.2) is 4.79 Å². The third kappa shape index (κ3) is 3.10. The van der Waals surface area contributed by atoms with Crippen LogP contribution in [0.3, 0.4) is 0 Å². The second kappa shape index (κ2) is 5.82. The predicted molar refractivity (Wildman–Crippen MR) is 70.1 cm³/mol. The highest BCUT2D eigenvalue weighted by Crippen LogP contribution is 2.20. The molecule has 1 N–H and O–H groups in total. The number of carboxylic acid groups (broad SMARTS) is 1. The van der Waals surface area contributed by atoms with E-state index in [1.165, 1.54) is 18.3 Å². The van der Waals surface area contributed by atoms with Gasteiger partial charge in [0.2, 0.25) is 0 Å². The lowest BCUT2D eigenvalue weighted by molar-refractivity contribution is 0.0665. The standard InChI is InChI=1S/C14H18N2O3/c1-2-10-4-3-7-16(9-10)13(17)12-8-11(14(18)19)5-6-15-12/h5-6,8,10H,2-4,7,9H2,1H3,(H,18,19). The van der Waals surface area contributed by atoms with Gasteiger partial charge in [0.05, 0.1) is 5.56 Å². The molecule has 1 aliphatic rings. The molecule has 1 aromatic heterocycles. The number of carbonyl (C=O) groups is 2. The summed E-state index contributed by atoms with van der Waals surface area (Å²) in [5.41, 5.74) is 0.319. The van der Waals surface area contributed by atoms with E-state index in [2.05, 4.69) is 11.9 Å². The highest BCUT2D eigenvalue weighted by atomic mass is 16.4. The number of pyridine rings is 1. The van der Waals surface area contributed by atoms with Gasteiger partial charge in [-0.05, 0) is 30.9 Å². The Morgan fingerprint density at radius 1 is 1.53 bits per heavy atom. The number of hydrogen-bond acceptors (Lipinski definition) is 3. The second-order valence-corrected chi connectivity index (χ2v) is 4.90. The number of hydrogen-bond donors (Lipinski definition) is 1. The fraction of sp³-hybridized carbons (Fsp3) is 0.500. The van der Waals surface area contributed by atoms with E-state index in [0.717, 1.165) is 32.4 Å².